The number of ether oxygens (including phenoxy) is 1. The van der Waals surface area contributed by atoms with Crippen molar-refractivity contribution >= 4 is 6.03 Å². The second-order valence-corrected chi connectivity index (χ2v) is 7.86. The largest absolute Gasteiger partial charge is 0.494 e. The first-order chi connectivity index (χ1) is 11.7. The van der Waals surface area contributed by atoms with Crippen molar-refractivity contribution in [1.29, 1.82) is 0 Å². The van der Waals surface area contributed by atoms with E-state index in [-0.39, 0.29) is 6.03 Å². The number of carbonyl (C=O) groups is 1. The Labute approximate surface area is 144 Å². The van der Waals surface area contributed by atoms with E-state index in [0.717, 1.165) is 23.1 Å². The summed E-state index contributed by atoms with van der Waals surface area (Å²) >= 11 is 0. The maximum atomic E-state index is 12.4. The third-order valence-corrected chi connectivity index (χ3v) is 6.19. The lowest BCUT2D eigenvalue weighted by atomic mass is 9.54. The second-order valence-electron chi connectivity index (χ2n) is 7.86. The summed E-state index contributed by atoms with van der Waals surface area (Å²) in [6.07, 6.45) is 6.76. The van der Waals surface area contributed by atoms with Crippen LogP contribution in [-0.2, 0) is 6.54 Å². The van der Waals surface area contributed by atoms with Gasteiger partial charge in [-0.2, -0.15) is 0 Å². The van der Waals surface area contributed by atoms with Crippen LogP contribution in [0.5, 0.6) is 5.75 Å². The van der Waals surface area contributed by atoms with Gasteiger partial charge in [-0.25, -0.2) is 4.79 Å². The van der Waals surface area contributed by atoms with Crippen molar-refractivity contribution in [2.75, 3.05) is 6.61 Å². The number of hydrogen-bond acceptors (Lipinski definition) is 2. The van der Waals surface area contributed by atoms with Crippen LogP contribution in [0.2, 0.25) is 0 Å². The monoisotopic (exact) mass is 328 g/mol. The van der Waals surface area contributed by atoms with E-state index in [0.29, 0.717) is 31.0 Å². The fraction of sp³-hybridized carbons (Fsp3) is 0.650. The van der Waals surface area contributed by atoms with Gasteiger partial charge in [-0.3, -0.25) is 0 Å². The summed E-state index contributed by atoms with van der Waals surface area (Å²) in [5.74, 6) is 4.17. The average Bonchev–Trinajstić information content (AvgIpc) is 2.56. The molecule has 1 aromatic carbocycles. The summed E-state index contributed by atoms with van der Waals surface area (Å²) in [5.41, 5.74) is 1.07. The van der Waals surface area contributed by atoms with E-state index < -0.39 is 0 Å². The molecular formula is C20H28N2O2. The molecule has 4 fully saturated rings. The maximum Gasteiger partial charge on any atom is 0.315 e. The van der Waals surface area contributed by atoms with E-state index in [1.165, 1.54) is 32.1 Å². The normalized spacial score (nSPS) is 33.3. The molecule has 0 atom stereocenters. The predicted molar refractivity (Wildman–Crippen MR) is 93.8 cm³/mol. The summed E-state index contributed by atoms with van der Waals surface area (Å²) in [5, 5.41) is 6.31. The highest BCUT2D eigenvalue weighted by Crippen LogP contribution is 2.53. The van der Waals surface area contributed by atoms with Crippen LogP contribution < -0.4 is 15.4 Å². The Morgan fingerprint density at radius 3 is 2.50 bits per heavy atom. The summed E-state index contributed by atoms with van der Waals surface area (Å²) in [6, 6.07) is 8.30. The molecule has 0 spiro atoms. The van der Waals surface area contributed by atoms with Crippen LogP contribution in [-0.4, -0.2) is 18.7 Å². The van der Waals surface area contributed by atoms with Crippen molar-refractivity contribution in [3.8, 4) is 5.75 Å². The third-order valence-electron chi connectivity index (χ3n) is 6.19. The minimum absolute atomic E-state index is 0.0192. The Morgan fingerprint density at radius 2 is 1.83 bits per heavy atom. The molecule has 5 rings (SSSR count). The van der Waals surface area contributed by atoms with Crippen LogP contribution in [0.1, 0.15) is 44.6 Å². The molecule has 4 aliphatic rings. The van der Waals surface area contributed by atoms with Gasteiger partial charge in [0.1, 0.15) is 5.75 Å². The predicted octanol–water partition coefficient (Wildman–Crippen LogP) is 3.71. The Kier molecular flexibility index (Phi) is 4.38. The lowest BCUT2D eigenvalue weighted by molar-refractivity contribution is -0.00942. The van der Waals surface area contributed by atoms with Crippen molar-refractivity contribution < 1.29 is 9.53 Å². The molecule has 2 N–H and O–H groups in total. The molecule has 0 aliphatic heterocycles. The molecule has 4 bridgehead atoms. The molecular weight excluding hydrogens is 300 g/mol. The lowest BCUT2D eigenvalue weighted by Gasteiger charge is -2.54. The van der Waals surface area contributed by atoms with E-state index in [1.54, 1.807) is 0 Å². The number of hydrogen-bond donors (Lipinski definition) is 2. The van der Waals surface area contributed by atoms with Crippen LogP contribution in [0.25, 0.3) is 0 Å². The van der Waals surface area contributed by atoms with Crippen LogP contribution >= 0.6 is 0 Å². The Balaban J connectivity index is 1.30. The fourth-order valence-corrected chi connectivity index (χ4v) is 5.46. The Hall–Kier alpha value is -1.71. The standard InChI is InChI=1S/C20H28N2O2/c1-2-24-18-5-3-4-13(11-18)12-21-20(23)22-19-16-7-14-6-15(9-16)10-17(19)8-14/h3-5,11,14-17,19H,2,6-10,12H2,1H3,(H2,21,22,23). The molecule has 130 valence electrons. The molecule has 4 nitrogen and oxygen atoms in total. The van der Waals surface area contributed by atoms with E-state index >= 15 is 0 Å². The first kappa shape index (κ1) is 15.8. The zero-order valence-electron chi connectivity index (χ0n) is 14.5. The van der Waals surface area contributed by atoms with Gasteiger partial charge in [0.15, 0.2) is 0 Å². The van der Waals surface area contributed by atoms with E-state index in [4.69, 9.17) is 4.74 Å². The average molecular weight is 328 g/mol. The second kappa shape index (κ2) is 6.66. The molecule has 4 saturated carbocycles. The van der Waals surface area contributed by atoms with Crippen LogP contribution in [0, 0.1) is 23.7 Å². The van der Waals surface area contributed by atoms with Crippen molar-refractivity contribution in [3.05, 3.63) is 29.8 Å². The van der Waals surface area contributed by atoms with E-state index in [2.05, 4.69) is 10.6 Å². The molecule has 1 aromatic rings. The third kappa shape index (κ3) is 3.24. The van der Waals surface area contributed by atoms with Gasteiger partial charge in [0.05, 0.1) is 6.61 Å². The molecule has 0 heterocycles. The molecule has 0 saturated heterocycles. The van der Waals surface area contributed by atoms with E-state index in [1.807, 2.05) is 31.2 Å². The number of nitrogens with one attached hydrogen (secondary N) is 2. The van der Waals surface area contributed by atoms with Gasteiger partial charge in [0.25, 0.3) is 0 Å². The first-order valence-electron chi connectivity index (χ1n) is 9.47. The van der Waals surface area contributed by atoms with Crippen LogP contribution in [0.4, 0.5) is 4.79 Å². The summed E-state index contributed by atoms with van der Waals surface area (Å²) in [6.45, 7) is 3.17. The Bertz CT molecular complexity index is 573. The highest BCUT2D eigenvalue weighted by atomic mass is 16.5. The first-order valence-corrected chi connectivity index (χ1v) is 9.47. The minimum Gasteiger partial charge on any atom is -0.494 e. The van der Waals surface area contributed by atoms with Crippen molar-refractivity contribution in [3.63, 3.8) is 0 Å². The topological polar surface area (TPSA) is 50.4 Å². The summed E-state index contributed by atoms with van der Waals surface area (Å²) < 4.78 is 5.51. The maximum absolute atomic E-state index is 12.4. The lowest BCUT2D eigenvalue weighted by Crippen LogP contribution is -2.57. The molecule has 0 unspecified atom stereocenters. The van der Waals surface area contributed by atoms with Gasteiger partial charge >= 0.3 is 6.03 Å². The molecule has 4 heteroatoms. The highest BCUT2D eigenvalue weighted by molar-refractivity contribution is 5.74. The smallest absolute Gasteiger partial charge is 0.315 e. The van der Waals surface area contributed by atoms with Crippen molar-refractivity contribution in [2.45, 2.75) is 51.6 Å². The fourth-order valence-electron chi connectivity index (χ4n) is 5.46. The van der Waals surface area contributed by atoms with E-state index in [9.17, 15) is 4.79 Å². The SMILES string of the molecule is CCOc1cccc(CNC(=O)NC2C3CC4CC(C3)CC2C4)c1. The minimum atomic E-state index is -0.0192. The number of carbonyl (C=O) groups excluding carboxylic acids is 1. The summed E-state index contributed by atoms with van der Waals surface area (Å²) in [4.78, 5) is 12.4. The van der Waals surface area contributed by atoms with Gasteiger partial charge in [-0.1, -0.05) is 12.1 Å². The van der Waals surface area contributed by atoms with Gasteiger partial charge < -0.3 is 15.4 Å². The van der Waals surface area contributed by atoms with Gasteiger partial charge in [0, 0.05) is 12.6 Å². The van der Waals surface area contributed by atoms with Gasteiger partial charge in [-0.15, -0.1) is 0 Å². The van der Waals surface area contributed by atoms with Crippen molar-refractivity contribution in [1.82, 2.24) is 10.6 Å². The van der Waals surface area contributed by atoms with Gasteiger partial charge in [0.2, 0.25) is 0 Å². The number of amides is 2. The molecule has 4 aliphatic carbocycles. The molecule has 2 amide bonds. The molecule has 0 radical (unpaired) electrons. The van der Waals surface area contributed by atoms with Crippen LogP contribution in [0.3, 0.4) is 0 Å². The Morgan fingerprint density at radius 1 is 1.12 bits per heavy atom. The zero-order chi connectivity index (χ0) is 16.5. The summed E-state index contributed by atoms with van der Waals surface area (Å²) in [7, 11) is 0. The van der Waals surface area contributed by atoms with Crippen molar-refractivity contribution in [2.24, 2.45) is 23.7 Å². The highest BCUT2D eigenvalue weighted by Gasteiger charge is 2.48. The molecule has 24 heavy (non-hydrogen) atoms. The molecule has 0 aromatic heterocycles. The number of urea groups is 1. The quantitative estimate of drug-likeness (QED) is 0.866. The zero-order valence-corrected chi connectivity index (χ0v) is 14.5. The van der Waals surface area contributed by atoms with Crippen LogP contribution in [0.15, 0.2) is 24.3 Å². The number of rotatable bonds is 5. The van der Waals surface area contributed by atoms with Gasteiger partial charge in [-0.05, 0) is 80.4 Å². The number of benzene rings is 1.